The lowest BCUT2D eigenvalue weighted by Crippen LogP contribution is -2.28. The van der Waals surface area contributed by atoms with Crippen LogP contribution < -0.4 is 0 Å². The third-order valence-electron chi connectivity index (χ3n) is 3.82. The third-order valence-corrected chi connectivity index (χ3v) is 4.12. The lowest BCUT2D eigenvalue weighted by Gasteiger charge is -2.33. The topological polar surface area (TPSA) is 82.3 Å². The van der Waals surface area contributed by atoms with Crippen molar-refractivity contribution in [2.24, 2.45) is 5.41 Å². The smallest absolute Gasteiger partial charge is 0.341 e. The van der Waals surface area contributed by atoms with E-state index in [9.17, 15) is 14.9 Å². The fourth-order valence-corrected chi connectivity index (χ4v) is 2.57. The summed E-state index contributed by atoms with van der Waals surface area (Å²) >= 11 is 5.82. The summed E-state index contributed by atoms with van der Waals surface area (Å²) in [5.41, 5.74) is -0.0694. The molecule has 21 heavy (non-hydrogen) atoms. The van der Waals surface area contributed by atoms with Crippen molar-refractivity contribution in [1.29, 1.82) is 0 Å². The van der Waals surface area contributed by atoms with E-state index >= 15 is 0 Å². The Labute approximate surface area is 127 Å². The van der Waals surface area contributed by atoms with Crippen molar-refractivity contribution in [2.45, 2.75) is 45.6 Å². The molecule has 6 nitrogen and oxygen atoms in total. The highest BCUT2D eigenvalue weighted by molar-refractivity contribution is 6.32. The van der Waals surface area contributed by atoms with E-state index in [4.69, 9.17) is 16.3 Å². The van der Waals surface area contributed by atoms with Gasteiger partial charge in [-0.25, -0.2) is 9.78 Å². The van der Waals surface area contributed by atoms with E-state index in [1.165, 1.54) is 0 Å². The van der Waals surface area contributed by atoms with Crippen LogP contribution in [0, 0.1) is 15.5 Å². The first-order valence-corrected chi connectivity index (χ1v) is 7.17. The van der Waals surface area contributed by atoms with Gasteiger partial charge in [0.05, 0.1) is 4.92 Å². The Kier molecular flexibility index (Phi) is 4.46. The number of hydrogen-bond acceptors (Lipinski definition) is 5. The Bertz CT molecular complexity index is 564. The molecule has 1 fully saturated rings. The average Bonchev–Trinajstić information content (AvgIpc) is 2.41. The summed E-state index contributed by atoms with van der Waals surface area (Å²) in [5.74, 6) is -0.652. The molecule has 0 spiro atoms. The molecular formula is C14H17ClN2O4. The SMILES string of the molecule is CC1(C)CCC(OC(=O)c2cc([N+](=O)[O-])cnc2Cl)CC1. The van der Waals surface area contributed by atoms with Crippen LogP contribution >= 0.6 is 11.6 Å². The van der Waals surface area contributed by atoms with Gasteiger partial charge in [0.1, 0.15) is 23.0 Å². The summed E-state index contributed by atoms with van der Waals surface area (Å²) < 4.78 is 5.40. The van der Waals surface area contributed by atoms with E-state index in [1.807, 2.05) is 0 Å². The van der Waals surface area contributed by atoms with Crippen molar-refractivity contribution in [3.05, 3.63) is 33.1 Å². The van der Waals surface area contributed by atoms with Crippen LogP contribution in [-0.4, -0.2) is 22.0 Å². The minimum atomic E-state index is -0.652. The Hall–Kier alpha value is -1.69. The summed E-state index contributed by atoms with van der Waals surface area (Å²) in [6.45, 7) is 4.37. The second kappa shape index (κ2) is 5.97. The highest BCUT2D eigenvalue weighted by atomic mass is 35.5. The summed E-state index contributed by atoms with van der Waals surface area (Å²) in [6, 6.07) is 1.10. The van der Waals surface area contributed by atoms with Crippen LogP contribution in [0.4, 0.5) is 5.69 Å². The van der Waals surface area contributed by atoms with Crippen LogP contribution in [0.25, 0.3) is 0 Å². The van der Waals surface area contributed by atoms with Gasteiger partial charge in [-0.15, -0.1) is 0 Å². The van der Waals surface area contributed by atoms with Crippen LogP contribution in [0.5, 0.6) is 0 Å². The van der Waals surface area contributed by atoms with Crippen molar-refractivity contribution in [2.75, 3.05) is 0 Å². The second-order valence-corrected chi connectivity index (χ2v) is 6.42. The summed E-state index contributed by atoms with van der Waals surface area (Å²) in [7, 11) is 0. The normalized spacial score (nSPS) is 18.2. The number of halogens is 1. The number of rotatable bonds is 3. The van der Waals surface area contributed by atoms with Crippen molar-refractivity contribution < 1.29 is 14.5 Å². The molecule has 0 aliphatic heterocycles. The molecule has 2 rings (SSSR count). The zero-order chi connectivity index (χ0) is 15.6. The van der Waals surface area contributed by atoms with Gasteiger partial charge >= 0.3 is 5.97 Å². The van der Waals surface area contributed by atoms with Gasteiger partial charge in [-0.3, -0.25) is 10.1 Å². The van der Waals surface area contributed by atoms with Crippen molar-refractivity contribution in [3.8, 4) is 0 Å². The first kappa shape index (κ1) is 15.7. The number of ether oxygens (including phenoxy) is 1. The summed E-state index contributed by atoms with van der Waals surface area (Å²) in [4.78, 5) is 25.9. The molecule has 0 N–H and O–H groups in total. The van der Waals surface area contributed by atoms with Crippen LogP contribution in [0.2, 0.25) is 5.15 Å². The Morgan fingerprint density at radius 1 is 1.48 bits per heavy atom. The zero-order valence-corrected chi connectivity index (χ0v) is 12.7. The fraction of sp³-hybridized carbons (Fsp3) is 0.571. The number of hydrogen-bond donors (Lipinski definition) is 0. The molecule has 1 aliphatic rings. The van der Waals surface area contributed by atoms with E-state index in [0.717, 1.165) is 37.9 Å². The number of pyridine rings is 1. The third kappa shape index (κ3) is 3.91. The molecule has 114 valence electrons. The van der Waals surface area contributed by atoms with Gasteiger partial charge in [0, 0.05) is 6.07 Å². The van der Waals surface area contributed by atoms with Gasteiger partial charge in [-0.2, -0.15) is 0 Å². The monoisotopic (exact) mass is 312 g/mol. The largest absolute Gasteiger partial charge is 0.459 e. The van der Waals surface area contributed by atoms with Gasteiger partial charge in [0.2, 0.25) is 0 Å². The predicted molar refractivity (Wildman–Crippen MR) is 77.4 cm³/mol. The standard InChI is InChI=1S/C14H17ClN2O4/c1-14(2)5-3-10(4-6-14)21-13(18)11-7-9(17(19)20)8-16-12(11)15/h7-8,10H,3-6H2,1-2H3. The van der Waals surface area contributed by atoms with Crippen LogP contribution in [0.15, 0.2) is 12.3 Å². The maximum Gasteiger partial charge on any atom is 0.341 e. The summed E-state index contributed by atoms with van der Waals surface area (Å²) in [5, 5.41) is 10.6. The first-order valence-electron chi connectivity index (χ1n) is 6.79. The number of nitrogens with zero attached hydrogens (tertiary/aromatic N) is 2. The fourth-order valence-electron chi connectivity index (χ4n) is 2.39. The van der Waals surface area contributed by atoms with E-state index in [2.05, 4.69) is 18.8 Å². The molecule has 1 aromatic rings. The number of carbonyl (C=O) groups is 1. The molecule has 0 unspecified atom stereocenters. The molecule has 1 aliphatic carbocycles. The molecule has 0 saturated heterocycles. The Morgan fingerprint density at radius 3 is 2.67 bits per heavy atom. The Morgan fingerprint density at radius 2 is 2.10 bits per heavy atom. The molecule has 0 radical (unpaired) electrons. The lowest BCUT2D eigenvalue weighted by atomic mass is 9.76. The van der Waals surface area contributed by atoms with Gasteiger partial charge in [0.15, 0.2) is 0 Å². The zero-order valence-electron chi connectivity index (χ0n) is 12.0. The molecular weight excluding hydrogens is 296 g/mol. The highest BCUT2D eigenvalue weighted by Crippen LogP contribution is 2.36. The minimum Gasteiger partial charge on any atom is -0.459 e. The number of carbonyl (C=O) groups excluding carboxylic acids is 1. The maximum absolute atomic E-state index is 12.1. The summed E-state index contributed by atoms with van der Waals surface area (Å²) in [6.07, 6.45) is 4.39. The van der Waals surface area contributed by atoms with Gasteiger partial charge in [0.25, 0.3) is 5.69 Å². The lowest BCUT2D eigenvalue weighted by molar-refractivity contribution is -0.385. The maximum atomic E-state index is 12.1. The van der Waals surface area contributed by atoms with E-state index in [0.29, 0.717) is 0 Å². The number of nitro groups is 1. The molecule has 0 aromatic carbocycles. The van der Waals surface area contributed by atoms with Crippen LogP contribution in [0.1, 0.15) is 49.9 Å². The van der Waals surface area contributed by atoms with Crippen molar-refractivity contribution in [3.63, 3.8) is 0 Å². The molecule has 1 saturated carbocycles. The molecule has 0 atom stereocenters. The molecule has 0 amide bonds. The number of aromatic nitrogens is 1. The highest BCUT2D eigenvalue weighted by Gasteiger charge is 2.30. The second-order valence-electron chi connectivity index (χ2n) is 6.06. The first-order chi connectivity index (χ1) is 9.78. The van der Waals surface area contributed by atoms with Gasteiger partial charge in [-0.05, 0) is 31.1 Å². The average molecular weight is 313 g/mol. The van der Waals surface area contributed by atoms with Crippen LogP contribution in [0.3, 0.4) is 0 Å². The van der Waals surface area contributed by atoms with E-state index in [1.54, 1.807) is 0 Å². The van der Waals surface area contributed by atoms with Crippen molar-refractivity contribution >= 4 is 23.3 Å². The molecule has 1 heterocycles. The van der Waals surface area contributed by atoms with E-state index < -0.39 is 10.9 Å². The molecule has 7 heteroatoms. The van der Waals surface area contributed by atoms with Gasteiger partial charge < -0.3 is 4.74 Å². The predicted octanol–water partition coefficient (Wildman–Crippen LogP) is 3.77. The van der Waals surface area contributed by atoms with E-state index in [-0.39, 0.29) is 27.9 Å². The molecule has 1 aromatic heterocycles. The number of esters is 1. The quantitative estimate of drug-likeness (QED) is 0.367. The Balaban J connectivity index is 2.07. The minimum absolute atomic E-state index is 0.0595. The molecule has 0 bridgehead atoms. The van der Waals surface area contributed by atoms with Crippen molar-refractivity contribution in [1.82, 2.24) is 4.98 Å². The van der Waals surface area contributed by atoms with Crippen LogP contribution in [-0.2, 0) is 4.74 Å². The van der Waals surface area contributed by atoms with Gasteiger partial charge in [-0.1, -0.05) is 25.4 Å².